The van der Waals surface area contributed by atoms with E-state index in [9.17, 15) is 4.79 Å². The zero-order valence-corrected chi connectivity index (χ0v) is 14.1. The SMILES string of the molecule is Cl.Cl.O=C(CC1CCCN1)N1CCN(c2ncccn2)CC1. The second-order valence-electron chi connectivity index (χ2n) is 5.41. The van der Waals surface area contributed by atoms with Crippen molar-refractivity contribution in [3.8, 4) is 0 Å². The van der Waals surface area contributed by atoms with Crippen molar-refractivity contribution in [2.24, 2.45) is 0 Å². The molecule has 1 unspecified atom stereocenters. The van der Waals surface area contributed by atoms with E-state index in [-0.39, 0.29) is 30.7 Å². The Morgan fingerprint density at radius 2 is 1.86 bits per heavy atom. The Hall–Kier alpha value is -1.11. The molecule has 0 aromatic carbocycles. The largest absolute Gasteiger partial charge is 0.339 e. The number of hydrogen-bond acceptors (Lipinski definition) is 5. The lowest BCUT2D eigenvalue weighted by atomic mass is 10.1. The van der Waals surface area contributed by atoms with Crippen molar-refractivity contribution in [3.05, 3.63) is 18.5 Å². The van der Waals surface area contributed by atoms with Gasteiger partial charge < -0.3 is 15.1 Å². The van der Waals surface area contributed by atoms with Gasteiger partial charge >= 0.3 is 0 Å². The van der Waals surface area contributed by atoms with Gasteiger partial charge in [0.1, 0.15) is 0 Å². The number of nitrogens with zero attached hydrogens (tertiary/aromatic N) is 4. The van der Waals surface area contributed by atoms with Crippen molar-refractivity contribution < 1.29 is 4.79 Å². The molecule has 6 nitrogen and oxygen atoms in total. The highest BCUT2D eigenvalue weighted by Crippen LogP contribution is 2.13. The smallest absolute Gasteiger partial charge is 0.225 e. The number of aromatic nitrogens is 2. The van der Waals surface area contributed by atoms with E-state index in [1.165, 1.54) is 6.42 Å². The molecule has 8 heteroatoms. The van der Waals surface area contributed by atoms with Crippen LogP contribution in [0.4, 0.5) is 5.95 Å². The molecule has 2 aliphatic heterocycles. The van der Waals surface area contributed by atoms with Gasteiger partial charge in [-0.05, 0) is 25.5 Å². The zero-order chi connectivity index (χ0) is 13.8. The first-order valence-electron chi connectivity index (χ1n) is 7.36. The Kier molecular flexibility index (Phi) is 7.85. The summed E-state index contributed by atoms with van der Waals surface area (Å²) in [5.74, 6) is 1.04. The van der Waals surface area contributed by atoms with Crippen molar-refractivity contribution in [2.45, 2.75) is 25.3 Å². The highest BCUT2D eigenvalue weighted by atomic mass is 35.5. The standard InChI is InChI=1S/C14H21N5O.2ClH/c20-13(11-12-3-1-4-15-12)18-7-9-19(10-8-18)14-16-5-2-6-17-14;;/h2,5-6,12,15H,1,3-4,7-11H2;2*1H. The molecule has 0 spiro atoms. The minimum atomic E-state index is 0. The maximum absolute atomic E-state index is 12.2. The van der Waals surface area contributed by atoms with Crippen LogP contribution in [0.15, 0.2) is 18.5 Å². The van der Waals surface area contributed by atoms with Crippen LogP contribution in [0.3, 0.4) is 0 Å². The lowest BCUT2D eigenvalue weighted by molar-refractivity contribution is -0.131. The van der Waals surface area contributed by atoms with E-state index in [0.717, 1.165) is 45.1 Å². The number of hydrogen-bond donors (Lipinski definition) is 1. The number of carbonyl (C=O) groups excluding carboxylic acids is 1. The van der Waals surface area contributed by atoms with Crippen LogP contribution in [-0.2, 0) is 4.79 Å². The van der Waals surface area contributed by atoms with E-state index in [2.05, 4.69) is 20.2 Å². The summed E-state index contributed by atoms with van der Waals surface area (Å²) in [5, 5.41) is 3.38. The number of carbonyl (C=O) groups is 1. The van der Waals surface area contributed by atoms with Gasteiger partial charge in [-0.2, -0.15) is 0 Å². The second kappa shape index (κ2) is 9.12. The van der Waals surface area contributed by atoms with E-state index in [0.29, 0.717) is 12.5 Å². The number of rotatable bonds is 3. The fourth-order valence-corrected chi connectivity index (χ4v) is 2.88. The summed E-state index contributed by atoms with van der Waals surface area (Å²) in [6.45, 7) is 4.21. The number of anilines is 1. The number of piperazine rings is 1. The van der Waals surface area contributed by atoms with Gasteiger partial charge in [-0.25, -0.2) is 9.97 Å². The second-order valence-corrected chi connectivity index (χ2v) is 5.41. The molecule has 0 radical (unpaired) electrons. The van der Waals surface area contributed by atoms with Gasteiger partial charge in [0.25, 0.3) is 0 Å². The third-order valence-electron chi connectivity index (χ3n) is 4.05. The lowest BCUT2D eigenvalue weighted by Crippen LogP contribution is -2.50. The van der Waals surface area contributed by atoms with Crippen LogP contribution in [0.5, 0.6) is 0 Å². The van der Waals surface area contributed by atoms with E-state index in [4.69, 9.17) is 0 Å². The quantitative estimate of drug-likeness (QED) is 0.887. The van der Waals surface area contributed by atoms with Gasteiger partial charge in [-0.3, -0.25) is 4.79 Å². The Labute approximate surface area is 143 Å². The Morgan fingerprint density at radius 3 is 2.45 bits per heavy atom. The highest BCUT2D eigenvalue weighted by Gasteiger charge is 2.25. The maximum atomic E-state index is 12.2. The molecule has 1 N–H and O–H groups in total. The van der Waals surface area contributed by atoms with Crippen molar-refractivity contribution in [2.75, 3.05) is 37.6 Å². The number of halogens is 2. The molecule has 2 saturated heterocycles. The third-order valence-corrected chi connectivity index (χ3v) is 4.05. The fraction of sp³-hybridized carbons (Fsp3) is 0.643. The Balaban J connectivity index is 0.00000121. The molecule has 1 aromatic heterocycles. The van der Waals surface area contributed by atoms with Crippen molar-refractivity contribution >= 4 is 36.7 Å². The summed E-state index contributed by atoms with van der Waals surface area (Å²) >= 11 is 0. The van der Waals surface area contributed by atoms with Crippen molar-refractivity contribution in [1.29, 1.82) is 0 Å². The van der Waals surface area contributed by atoms with Crippen LogP contribution in [-0.4, -0.2) is 59.5 Å². The average molecular weight is 348 g/mol. The molecule has 3 rings (SSSR count). The Bertz CT molecular complexity index is 448. The minimum absolute atomic E-state index is 0. The zero-order valence-electron chi connectivity index (χ0n) is 12.5. The van der Waals surface area contributed by atoms with E-state index >= 15 is 0 Å². The van der Waals surface area contributed by atoms with E-state index in [1.54, 1.807) is 12.4 Å². The molecule has 0 aliphatic carbocycles. The van der Waals surface area contributed by atoms with Crippen molar-refractivity contribution in [1.82, 2.24) is 20.2 Å². The van der Waals surface area contributed by atoms with Crippen LogP contribution in [0.1, 0.15) is 19.3 Å². The predicted molar refractivity (Wildman–Crippen MR) is 91.0 cm³/mol. The fourth-order valence-electron chi connectivity index (χ4n) is 2.88. The molecule has 0 saturated carbocycles. The summed E-state index contributed by atoms with van der Waals surface area (Å²) in [6.07, 6.45) is 6.47. The summed E-state index contributed by atoms with van der Waals surface area (Å²) in [6, 6.07) is 2.20. The van der Waals surface area contributed by atoms with Crippen molar-refractivity contribution in [3.63, 3.8) is 0 Å². The molecule has 1 atom stereocenters. The van der Waals surface area contributed by atoms with Crippen LogP contribution >= 0.6 is 24.8 Å². The molecular formula is C14H23Cl2N5O. The van der Waals surface area contributed by atoms with Crippen LogP contribution in [0.25, 0.3) is 0 Å². The molecule has 1 amide bonds. The molecule has 2 aliphatic rings. The molecule has 2 fully saturated rings. The van der Waals surface area contributed by atoms with Crippen LogP contribution in [0, 0.1) is 0 Å². The third kappa shape index (κ3) is 4.69. The minimum Gasteiger partial charge on any atom is -0.339 e. The topological polar surface area (TPSA) is 61.4 Å². The molecule has 124 valence electrons. The van der Waals surface area contributed by atoms with Gasteiger partial charge in [0, 0.05) is 51.0 Å². The molecule has 22 heavy (non-hydrogen) atoms. The van der Waals surface area contributed by atoms with Gasteiger partial charge in [0.15, 0.2) is 0 Å². The van der Waals surface area contributed by atoms with Crippen LogP contribution < -0.4 is 10.2 Å². The monoisotopic (exact) mass is 347 g/mol. The molecule has 1 aromatic rings. The highest BCUT2D eigenvalue weighted by molar-refractivity contribution is 5.85. The molecular weight excluding hydrogens is 325 g/mol. The number of nitrogens with one attached hydrogen (secondary N) is 1. The normalized spacial score (nSPS) is 21.0. The summed E-state index contributed by atoms with van der Waals surface area (Å²) in [7, 11) is 0. The first-order chi connectivity index (χ1) is 9.83. The molecule has 3 heterocycles. The van der Waals surface area contributed by atoms with E-state index < -0.39 is 0 Å². The maximum Gasteiger partial charge on any atom is 0.225 e. The van der Waals surface area contributed by atoms with Gasteiger partial charge in [0.05, 0.1) is 0 Å². The Morgan fingerprint density at radius 1 is 1.18 bits per heavy atom. The summed E-state index contributed by atoms with van der Waals surface area (Å²) < 4.78 is 0. The van der Waals surface area contributed by atoms with Crippen LogP contribution in [0.2, 0.25) is 0 Å². The average Bonchev–Trinajstić information content (AvgIpc) is 3.01. The summed E-state index contributed by atoms with van der Waals surface area (Å²) in [5.41, 5.74) is 0. The van der Waals surface area contributed by atoms with E-state index in [1.807, 2.05) is 11.0 Å². The number of amides is 1. The molecule has 0 bridgehead atoms. The first kappa shape index (κ1) is 18.9. The first-order valence-corrected chi connectivity index (χ1v) is 7.36. The van der Waals surface area contributed by atoms with Gasteiger partial charge in [-0.1, -0.05) is 0 Å². The summed E-state index contributed by atoms with van der Waals surface area (Å²) in [4.78, 5) is 24.9. The van der Waals surface area contributed by atoms with Gasteiger partial charge in [-0.15, -0.1) is 24.8 Å². The van der Waals surface area contributed by atoms with Gasteiger partial charge in [0.2, 0.25) is 11.9 Å². The lowest BCUT2D eigenvalue weighted by Gasteiger charge is -2.35. The predicted octanol–water partition coefficient (Wildman–Crippen LogP) is 1.11.